The van der Waals surface area contributed by atoms with Crippen LogP contribution in [0.2, 0.25) is 0 Å². The first-order valence-corrected chi connectivity index (χ1v) is 15.5. The van der Waals surface area contributed by atoms with Crippen LogP contribution in [0.4, 0.5) is 5.69 Å². The van der Waals surface area contributed by atoms with Crippen LogP contribution in [0.3, 0.4) is 0 Å². The van der Waals surface area contributed by atoms with Crippen LogP contribution in [0.25, 0.3) is 0 Å². The predicted octanol–water partition coefficient (Wildman–Crippen LogP) is 4.33. The Labute approximate surface area is 222 Å². The molecule has 2 aromatic rings. The molecule has 1 amide bonds. The molecule has 0 fully saturated rings. The molecule has 8 heteroatoms. The second kappa shape index (κ2) is 14.5. The van der Waals surface area contributed by atoms with Gasteiger partial charge in [0.2, 0.25) is 6.41 Å². The van der Waals surface area contributed by atoms with Gasteiger partial charge in [-0.3, -0.25) is 4.79 Å². The van der Waals surface area contributed by atoms with Gasteiger partial charge in [-0.2, -0.15) is 0 Å². The van der Waals surface area contributed by atoms with E-state index in [0.717, 1.165) is 70.3 Å². The van der Waals surface area contributed by atoms with Crippen LogP contribution in [0.1, 0.15) is 62.1 Å². The number of phenolic OH excluding ortho intramolecular Hbond substituents is 1. The van der Waals surface area contributed by atoms with E-state index in [1.54, 1.807) is 12.1 Å². The van der Waals surface area contributed by atoms with Gasteiger partial charge in [0, 0.05) is 12.3 Å². The lowest BCUT2D eigenvalue weighted by Crippen LogP contribution is -2.40. The normalized spacial score (nSPS) is 15.5. The number of hydrogen-bond donors (Lipinski definition) is 3. The van der Waals surface area contributed by atoms with Crippen LogP contribution >= 0.6 is 0 Å². The standard InChI is InChI=1S/C29H43N3O4S/c1-3-17-32(26-11-10-24-21-29(34)28(31-22-33)20-25(24)19-26)18-7-5-4-6-15-30-16-14-23-8-12-27(13-9-23)37(2,35)36/h8-9,12-13,20-22,26,30,34H,3-7,10-11,14-19H2,1-2H3,(H,31,33)/t26-/m1/s1. The Morgan fingerprint density at radius 1 is 1.03 bits per heavy atom. The van der Waals surface area contributed by atoms with Gasteiger partial charge in [0.25, 0.3) is 0 Å². The second-order valence-corrected chi connectivity index (χ2v) is 12.2. The topological polar surface area (TPSA) is 98.7 Å². The molecule has 204 valence electrons. The number of amides is 1. The summed E-state index contributed by atoms with van der Waals surface area (Å²) in [6, 6.07) is 11.4. The van der Waals surface area contributed by atoms with Crippen molar-refractivity contribution in [2.24, 2.45) is 0 Å². The number of fused-ring (bicyclic) bond motifs is 1. The summed E-state index contributed by atoms with van der Waals surface area (Å²) in [4.78, 5) is 13.8. The number of aromatic hydroxyl groups is 1. The number of anilines is 1. The molecule has 0 spiro atoms. The van der Waals surface area contributed by atoms with Crippen molar-refractivity contribution in [1.29, 1.82) is 0 Å². The van der Waals surface area contributed by atoms with Crippen LogP contribution in [-0.2, 0) is 33.9 Å². The summed E-state index contributed by atoms with van der Waals surface area (Å²) in [6.07, 6.45) is 11.7. The van der Waals surface area contributed by atoms with Crippen molar-refractivity contribution in [3.05, 3.63) is 53.1 Å². The molecule has 1 aliphatic carbocycles. The third-order valence-electron chi connectivity index (χ3n) is 7.25. The molecule has 0 saturated heterocycles. The number of rotatable bonds is 16. The predicted molar refractivity (Wildman–Crippen MR) is 150 cm³/mol. The molecule has 1 atom stereocenters. The van der Waals surface area contributed by atoms with Gasteiger partial charge in [-0.05, 0) is 112 Å². The molecule has 3 N–H and O–H groups in total. The number of unbranched alkanes of at least 4 members (excludes halogenated alkanes) is 3. The van der Waals surface area contributed by atoms with E-state index in [-0.39, 0.29) is 5.75 Å². The fourth-order valence-corrected chi connectivity index (χ4v) is 5.84. The summed E-state index contributed by atoms with van der Waals surface area (Å²) in [7, 11) is -3.13. The first-order chi connectivity index (χ1) is 17.8. The molecule has 0 heterocycles. The molecular weight excluding hydrogens is 486 g/mol. The lowest BCUT2D eigenvalue weighted by molar-refractivity contribution is -0.105. The smallest absolute Gasteiger partial charge is 0.211 e. The number of sulfone groups is 1. The minimum absolute atomic E-state index is 0.146. The van der Waals surface area contributed by atoms with E-state index >= 15 is 0 Å². The highest BCUT2D eigenvalue weighted by Gasteiger charge is 2.24. The van der Waals surface area contributed by atoms with Crippen LogP contribution < -0.4 is 10.6 Å². The highest BCUT2D eigenvalue weighted by Crippen LogP contribution is 2.33. The number of benzene rings is 2. The highest BCUT2D eigenvalue weighted by molar-refractivity contribution is 7.90. The molecule has 7 nitrogen and oxygen atoms in total. The molecule has 1 aliphatic rings. The molecule has 0 aromatic heterocycles. The Balaban J connectivity index is 1.33. The van der Waals surface area contributed by atoms with Crippen molar-refractivity contribution >= 4 is 21.9 Å². The van der Waals surface area contributed by atoms with E-state index in [1.807, 2.05) is 24.3 Å². The molecule has 3 rings (SSSR count). The fraction of sp³-hybridized carbons (Fsp3) is 0.552. The number of phenols is 1. The largest absolute Gasteiger partial charge is 0.506 e. The molecule has 0 aliphatic heterocycles. The van der Waals surface area contributed by atoms with Crippen LogP contribution in [0.5, 0.6) is 5.75 Å². The van der Waals surface area contributed by atoms with E-state index in [1.165, 1.54) is 36.6 Å². The Bertz CT molecular complexity index is 1100. The van der Waals surface area contributed by atoms with Crippen molar-refractivity contribution in [2.75, 3.05) is 37.8 Å². The number of hydrogen-bond acceptors (Lipinski definition) is 6. The average molecular weight is 530 g/mol. The van der Waals surface area contributed by atoms with Gasteiger partial charge in [-0.1, -0.05) is 31.9 Å². The van der Waals surface area contributed by atoms with Crippen molar-refractivity contribution in [2.45, 2.75) is 75.6 Å². The van der Waals surface area contributed by atoms with Crippen LogP contribution in [0, 0.1) is 0 Å². The maximum absolute atomic E-state index is 11.6. The summed E-state index contributed by atoms with van der Waals surface area (Å²) in [5.74, 6) is 0.146. The zero-order valence-corrected chi connectivity index (χ0v) is 23.2. The van der Waals surface area contributed by atoms with Gasteiger partial charge in [-0.25, -0.2) is 8.42 Å². The van der Waals surface area contributed by atoms with Gasteiger partial charge in [0.1, 0.15) is 5.75 Å². The number of carbonyl (C=O) groups is 1. The molecule has 37 heavy (non-hydrogen) atoms. The number of nitrogens with one attached hydrogen (secondary N) is 2. The van der Waals surface area contributed by atoms with Gasteiger partial charge in [0.15, 0.2) is 9.84 Å². The summed E-state index contributed by atoms with van der Waals surface area (Å²) in [5, 5.41) is 16.2. The van der Waals surface area contributed by atoms with E-state index in [0.29, 0.717) is 23.0 Å². The van der Waals surface area contributed by atoms with Gasteiger partial charge in [0.05, 0.1) is 10.6 Å². The first kappa shape index (κ1) is 29.1. The summed E-state index contributed by atoms with van der Waals surface area (Å²) in [6.45, 7) is 6.35. The maximum atomic E-state index is 11.6. The Kier molecular flexibility index (Phi) is 11.4. The van der Waals surface area contributed by atoms with Crippen LogP contribution in [0.15, 0.2) is 41.3 Å². The quantitative estimate of drug-likeness (QED) is 0.170. The van der Waals surface area contributed by atoms with Crippen LogP contribution in [-0.4, -0.2) is 63.3 Å². The number of nitrogens with zero attached hydrogens (tertiary/aromatic N) is 1. The fourth-order valence-electron chi connectivity index (χ4n) is 5.21. The van der Waals surface area contributed by atoms with Crippen molar-refractivity contribution in [3.8, 4) is 5.75 Å². The maximum Gasteiger partial charge on any atom is 0.211 e. The Hall–Kier alpha value is -2.42. The van der Waals surface area contributed by atoms with E-state index in [2.05, 4.69) is 22.5 Å². The minimum Gasteiger partial charge on any atom is -0.506 e. The van der Waals surface area contributed by atoms with E-state index in [4.69, 9.17) is 0 Å². The lowest BCUT2D eigenvalue weighted by atomic mass is 9.86. The monoisotopic (exact) mass is 529 g/mol. The summed E-state index contributed by atoms with van der Waals surface area (Å²) in [5.41, 5.74) is 4.07. The lowest BCUT2D eigenvalue weighted by Gasteiger charge is -2.35. The second-order valence-electron chi connectivity index (χ2n) is 10.2. The third kappa shape index (κ3) is 9.13. The molecule has 0 saturated carbocycles. The van der Waals surface area contributed by atoms with E-state index in [9.17, 15) is 18.3 Å². The zero-order valence-electron chi connectivity index (χ0n) is 22.3. The third-order valence-corrected chi connectivity index (χ3v) is 8.38. The Morgan fingerprint density at radius 2 is 1.78 bits per heavy atom. The molecule has 0 bridgehead atoms. The average Bonchev–Trinajstić information content (AvgIpc) is 2.87. The van der Waals surface area contributed by atoms with Gasteiger partial charge >= 0.3 is 0 Å². The first-order valence-electron chi connectivity index (χ1n) is 13.6. The highest BCUT2D eigenvalue weighted by atomic mass is 32.2. The van der Waals surface area contributed by atoms with Crippen molar-refractivity contribution in [1.82, 2.24) is 10.2 Å². The molecule has 0 radical (unpaired) electrons. The summed E-state index contributed by atoms with van der Waals surface area (Å²) < 4.78 is 23.1. The van der Waals surface area contributed by atoms with Gasteiger partial charge < -0.3 is 20.6 Å². The summed E-state index contributed by atoms with van der Waals surface area (Å²) >= 11 is 0. The zero-order chi connectivity index (χ0) is 26.7. The Morgan fingerprint density at radius 3 is 2.49 bits per heavy atom. The van der Waals surface area contributed by atoms with Gasteiger partial charge in [-0.15, -0.1) is 0 Å². The minimum atomic E-state index is -3.13. The van der Waals surface area contributed by atoms with E-state index < -0.39 is 9.84 Å². The number of carbonyl (C=O) groups excluding carboxylic acids is 1. The SMILES string of the molecule is CCCN(CCCCCCNCCc1ccc(S(C)(=O)=O)cc1)[C@@H]1CCc2cc(O)c(NC=O)cc2C1. The molecule has 2 aromatic carbocycles. The molecule has 0 unspecified atom stereocenters. The number of aryl methyl sites for hydroxylation is 1. The molecular formula is C29H43N3O4S. The van der Waals surface area contributed by atoms with Crippen molar-refractivity contribution in [3.63, 3.8) is 0 Å². The van der Waals surface area contributed by atoms with Crippen molar-refractivity contribution < 1.29 is 18.3 Å².